The van der Waals surface area contributed by atoms with Crippen LogP contribution in [0.2, 0.25) is 0 Å². The largest absolute Gasteiger partial charge is 0.368 e. The molecule has 4 nitrogen and oxygen atoms in total. The van der Waals surface area contributed by atoms with Crippen LogP contribution in [0, 0.1) is 6.92 Å². The van der Waals surface area contributed by atoms with Crippen LogP contribution in [0.1, 0.15) is 37.9 Å². The van der Waals surface area contributed by atoms with Gasteiger partial charge in [0.15, 0.2) is 0 Å². The van der Waals surface area contributed by atoms with Crippen molar-refractivity contribution in [3.63, 3.8) is 0 Å². The summed E-state index contributed by atoms with van der Waals surface area (Å²) in [4.78, 5) is 8.87. The molecule has 0 saturated heterocycles. The van der Waals surface area contributed by atoms with Gasteiger partial charge in [-0.1, -0.05) is 26.3 Å². The van der Waals surface area contributed by atoms with Gasteiger partial charge >= 0.3 is 0 Å². The summed E-state index contributed by atoms with van der Waals surface area (Å²) in [6, 6.07) is 6.68. The van der Waals surface area contributed by atoms with Crippen molar-refractivity contribution in [1.82, 2.24) is 14.5 Å². The highest BCUT2D eigenvalue weighted by Gasteiger charge is 2.15. The SMILES string of the molecule is CCCCn1c2ccc(CC)cc2c2c(C)nc(N)nc21. The molecule has 110 valence electrons. The monoisotopic (exact) mass is 282 g/mol. The third-order valence-corrected chi connectivity index (χ3v) is 4.11. The summed E-state index contributed by atoms with van der Waals surface area (Å²) < 4.78 is 2.29. The first-order valence-electron chi connectivity index (χ1n) is 7.70. The predicted octanol–water partition coefficient (Wildman–Crippen LogP) is 3.84. The number of unbranched alkanes of at least 4 members (excludes halogenated alkanes) is 1. The predicted molar refractivity (Wildman–Crippen MR) is 88.5 cm³/mol. The van der Waals surface area contributed by atoms with Gasteiger partial charge in [0, 0.05) is 17.3 Å². The maximum absolute atomic E-state index is 5.86. The molecule has 0 unspecified atom stereocenters. The Morgan fingerprint density at radius 1 is 1.19 bits per heavy atom. The van der Waals surface area contributed by atoms with Gasteiger partial charge in [0.25, 0.3) is 0 Å². The van der Waals surface area contributed by atoms with Gasteiger partial charge in [0.1, 0.15) is 5.65 Å². The Bertz CT molecular complexity index is 802. The van der Waals surface area contributed by atoms with Crippen LogP contribution in [0.4, 0.5) is 5.95 Å². The average molecular weight is 282 g/mol. The molecule has 1 aromatic carbocycles. The van der Waals surface area contributed by atoms with Gasteiger partial charge in [-0.15, -0.1) is 0 Å². The third-order valence-electron chi connectivity index (χ3n) is 4.11. The van der Waals surface area contributed by atoms with E-state index in [9.17, 15) is 0 Å². The number of hydrogen-bond acceptors (Lipinski definition) is 3. The van der Waals surface area contributed by atoms with Gasteiger partial charge in [-0.3, -0.25) is 0 Å². The lowest BCUT2D eigenvalue weighted by atomic mass is 10.1. The highest BCUT2D eigenvalue weighted by Crippen LogP contribution is 2.31. The van der Waals surface area contributed by atoms with Crippen LogP contribution in [-0.4, -0.2) is 14.5 Å². The summed E-state index contributed by atoms with van der Waals surface area (Å²) in [6.45, 7) is 7.37. The molecule has 0 atom stereocenters. The van der Waals surface area contributed by atoms with Gasteiger partial charge in [-0.25, -0.2) is 4.98 Å². The Labute approximate surface area is 125 Å². The first kappa shape index (κ1) is 13.9. The first-order chi connectivity index (χ1) is 10.2. The molecule has 0 aliphatic carbocycles. The normalized spacial score (nSPS) is 11.6. The molecule has 4 heteroatoms. The molecule has 0 radical (unpaired) electrons. The maximum atomic E-state index is 5.86. The molecule has 0 aliphatic heterocycles. The smallest absolute Gasteiger partial charge is 0.222 e. The molecule has 0 bridgehead atoms. The number of rotatable bonds is 4. The molecular weight excluding hydrogens is 260 g/mol. The number of nitrogens with two attached hydrogens (primary N) is 1. The van der Waals surface area contributed by atoms with Gasteiger partial charge < -0.3 is 10.3 Å². The Hall–Kier alpha value is -2.10. The van der Waals surface area contributed by atoms with E-state index >= 15 is 0 Å². The summed E-state index contributed by atoms with van der Waals surface area (Å²) in [6.07, 6.45) is 3.33. The Morgan fingerprint density at radius 3 is 2.71 bits per heavy atom. The second-order valence-electron chi connectivity index (χ2n) is 5.58. The van der Waals surface area contributed by atoms with Crippen LogP contribution in [0.15, 0.2) is 18.2 Å². The fourth-order valence-electron chi connectivity index (χ4n) is 2.98. The number of fused-ring (bicyclic) bond motifs is 3. The van der Waals surface area contributed by atoms with Crippen LogP contribution in [0.25, 0.3) is 21.9 Å². The molecule has 21 heavy (non-hydrogen) atoms. The Morgan fingerprint density at radius 2 is 2.00 bits per heavy atom. The zero-order valence-electron chi connectivity index (χ0n) is 13.0. The molecule has 3 rings (SSSR count). The van der Waals surface area contributed by atoms with Crippen LogP contribution in [0.5, 0.6) is 0 Å². The molecule has 0 amide bonds. The van der Waals surface area contributed by atoms with Gasteiger partial charge in [-0.05, 0) is 37.5 Å². The standard InChI is InChI=1S/C17H22N4/c1-4-6-9-21-14-8-7-12(5-2)10-13(14)15-11(3)19-17(18)20-16(15)21/h7-8,10H,4-6,9H2,1-3H3,(H2,18,19,20). The number of hydrogen-bond donors (Lipinski definition) is 1. The van der Waals surface area contributed by atoms with Crippen LogP contribution in [0.3, 0.4) is 0 Å². The number of nitrogens with zero attached hydrogens (tertiary/aromatic N) is 3. The molecule has 0 saturated carbocycles. The second kappa shape index (κ2) is 5.35. The van der Waals surface area contributed by atoms with Crippen LogP contribution < -0.4 is 5.73 Å². The van der Waals surface area contributed by atoms with Gasteiger partial charge in [0.2, 0.25) is 5.95 Å². The minimum atomic E-state index is 0.358. The average Bonchev–Trinajstić information content (AvgIpc) is 2.77. The highest BCUT2D eigenvalue weighted by molar-refractivity contribution is 6.08. The van der Waals surface area contributed by atoms with E-state index in [1.807, 2.05) is 6.92 Å². The van der Waals surface area contributed by atoms with Crippen LogP contribution >= 0.6 is 0 Å². The number of benzene rings is 1. The third kappa shape index (κ3) is 2.24. The molecule has 2 aromatic heterocycles. The lowest BCUT2D eigenvalue weighted by Crippen LogP contribution is -2.02. The zero-order valence-corrected chi connectivity index (χ0v) is 13.0. The summed E-state index contributed by atoms with van der Waals surface area (Å²) in [5.74, 6) is 0.358. The van der Waals surface area contributed by atoms with Crippen molar-refractivity contribution in [3.05, 3.63) is 29.5 Å². The fraction of sp³-hybridized carbons (Fsp3) is 0.412. The van der Waals surface area contributed by atoms with Gasteiger partial charge in [0.05, 0.1) is 11.2 Å². The summed E-state index contributed by atoms with van der Waals surface area (Å²) >= 11 is 0. The van der Waals surface area contributed by atoms with Crippen molar-refractivity contribution < 1.29 is 0 Å². The van der Waals surface area contributed by atoms with Crippen molar-refractivity contribution in [3.8, 4) is 0 Å². The van der Waals surface area contributed by atoms with Crippen molar-refractivity contribution in [2.45, 2.75) is 46.6 Å². The van der Waals surface area contributed by atoms with E-state index in [2.05, 4.69) is 46.6 Å². The van der Waals surface area contributed by atoms with E-state index < -0.39 is 0 Å². The number of aryl methyl sites for hydroxylation is 3. The number of nitrogen functional groups attached to an aromatic ring is 1. The minimum absolute atomic E-state index is 0.358. The van der Waals surface area contributed by atoms with E-state index in [0.29, 0.717) is 5.95 Å². The van der Waals surface area contributed by atoms with E-state index in [1.54, 1.807) is 0 Å². The quantitative estimate of drug-likeness (QED) is 0.791. The highest BCUT2D eigenvalue weighted by atomic mass is 15.1. The van der Waals surface area contributed by atoms with Crippen molar-refractivity contribution in [2.24, 2.45) is 0 Å². The second-order valence-corrected chi connectivity index (χ2v) is 5.58. The number of anilines is 1. The minimum Gasteiger partial charge on any atom is -0.368 e. The molecule has 0 aliphatic rings. The van der Waals surface area contributed by atoms with E-state index in [0.717, 1.165) is 42.5 Å². The molecule has 2 N–H and O–H groups in total. The van der Waals surface area contributed by atoms with E-state index in [1.165, 1.54) is 16.5 Å². The first-order valence-corrected chi connectivity index (χ1v) is 7.70. The molecule has 0 fully saturated rings. The maximum Gasteiger partial charge on any atom is 0.222 e. The Balaban J connectivity index is 2.39. The fourth-order valence-corrected chi connectivity index (χ4v) is 2.98. The Kier molecular flexibility index (Phi) is 3.53. The lowest BCUT2D eigenvalue weighted by molar-refractivity contribution is 0.660. The van der Waals surface area contributed by atoms with Crippen molar-refractivity contribution >= 4 is 27.9 Å². The molecule has 0 spiro atoms. The van der Waals surface area contributed by atoms with E-state index in [4.69, 9.17) is 5.73 Å². The molecular formula is C17H22N4. The molecule has 2 heterocycles. The molecule has 3 aromatic rings. The number of aromatic nitrogens is 3. The summed E-state index contributed by atoms with van der Waals surface area (Å²) in [5.41, 5.74) is 10.4. The topological polar surface area (TPSA) is 56.7 Å². The van der Waals surface area contributed by atoms with Crippen molar-refractivity contribution in [2.75, 3.05) is 5.73 Å². The lowest BCUT2D eigenvalue weighted by Gasteiger charge is -2.06. The van der Waals surface area contributed by atoms with E-state index in [-0.39, 0.29) is 0 Å². The van der Waals surface area contributed by atoms with Gasteiger partial charge in [-0.2, -0.15) is 4.98 Å². The summed E-state index contributed by atoms with van der Waals surface area (Å²) in [7, 11) is 0. The summed E-state index contributed by atoms with van der Waals surface area (Å²) in [5, 5.41) is 2.39. The zero-order chi connectivity index (χ0) is 15.0. The van der Waals surface area contributed by atoms with Crippen molar-refractivity contribution in [1.29, 1.82) is 0 Å². The van der Waals surface area contributed by atoms with Crippen LogP contribution in [-0.2, 0) is 13.0 Å².